The monoisotopic (exact) mass is 310 g/mol. The summed E-state index contributed by atoms with van der Waals surface area (Å²) in [4.78, 5) is 32.2. The fraction of sp³-hybridized carbons (Fsp3) is 0.875. The zero-order chi connectivity index (χ0) is 16.3. The van der Waals surface area contributed by atoms with Crippen molar-refractivity contribution in [2.75, 3.05) is 53.4 Å². The first-order valence-electron chi connectivity index (χ1n) is 8.36. The molecule has 1 saturated heterocycles. The summed E-state index contributed by atoms with van der Waals surface area (Å²) in [6.45, 7) is 8.66. The molecule has 0 aromatic carbocycles. The summed E-state index contributed by atoms with van der Waals surface area (Å²) in [5.41, 5.74) is 0. The molecule has 2 fully saturated rings. The van der Waals surface area contributed by atoms with Crippen molar-refractivity contribution in [1.29, 1.82) is 0 Å². The number of hydrogen-bond donors (Lipinski definition) is 0. The van der Waals surface area contributed by atoms with E-state index in [-0.39, 0.29) is 11.9 Å². The Bertz CT molecular complexity index is 399. The van der Waals surface area contributed by atoms with Crippen LogP contribution in [-0.4, -0.2) is 90.9 Å². The van der Waals surface area contributed by atoms with E-state index in [0.29, 0.717) is 31.6 Å². The third-order valence-electron chi connectivity index (χ3n) is 4.25. The molecule has 2 rings (SSSR count). The lowest BCUT2D eigenvalue weighted by molar-refractivity contribution is -0.133. The highest BCUT2D eigenvalue weighted by atomic mass is 16.2. The van der Waals surface area contributed by atoms with Gasteiger partial charge in [-0.1, -0.05) is 13.8 Å². The summed E-state index contributed by atoms with van der Waals surface area (Å²) < 4.78 is 0. The second-order valence-electron chi connectivity index (χ2n) is 7.11. The van der Waals surface area contributed by atoms with E-state index in [4.69, 9.17) is 0 Å². The summed E-state index contributed by atoms with van der Waals surface area (Å²) in [6, 6.07) is 0.539. The van der Waals surface area contributed by atoms with E-state index in [1.165, 1.54) is 0 Å². The number of rotatable bonds is 5. The summed E-state index contributed by atoms with van der Waals surface area (Å²) in [7, 11) is 3.55. The number of carbonyl (C=O) groups is 2. The lowest BCUT2D eigenvalue weighted by atomic mass is 10.2. The van der Waals surface area contributed by atoms with Crippen LogP contribution >= 0.6 is 0 Å². The molecule has 22 heavy (non-hydrogen) atoms. The van der Waals surface area contributed by atoms with Gasteiger partial charge in [0.15, 0.2) is 0 Å². The van der Waals surface area contributed by atoms with E-state index >= 15 is 0 Å². The minimum absolute atomic E-state index is 0.0605. The molecule has 1 heterocycles. The standard InChI is InChI=1S/C16H30N4O2/c1-13(2)11-20(14-5-6-14)15(21)12-18-7-9-19(10-8-18)16(22)17(3)4/h13-14H,5-12H2,1-4H3. The predicted octanol–water partition coefficient (Wildman–Crippen LogP) is 0.933. The average molecular weight is 310 g/mol. The minimum atomic E-state index is 0.0605. The quantitative estimate of drug-likeness (QED) is 0.759. The van der Waals surface area contributed by atoms with Crippen molar-refractivity contribution in [3.05, 3.63) is 0 Å². The number of hydrogen-bond acceptors (Lipinski definition) is 3. The van der Waals surface area contributed by atoms with Gasteiger partial charge >= 0.3 is 6.03 Å². The maximum Gasteiger partial charge on any atom is 0.319 e. The molecule has 1 aliphatic carbocycles. The number of piperazine rings is 1. The zero-order valence-electron chi connectivity index (χ0n) is 14.4. The van der Waals surface area contributed by atoms with Crippen LogP contribution in [-0.2, 0) is 4.79 Å². The Hall–Kier alpha value is -1.30. The van der Waals surface area contributed by atoms with Crippen molar-refractivity contribution in [2.24, 2.45) is 5.92 Å². The van der Waals surface area contributed by atoms with Crippen LogP contribution in [0.3, 0.4) is 0 Å². The van der Waals surface area contributed by atoms with E-state index in [1.807, 2.05) is 4.90 Å². The molecule has 0 aromatic rings. The molecular formula is C16H30N4O2. The fourth-order valence-electron chi connectivity index (χ4n) is 2.90. The van der Waals surface area contributed by atoms with Crippen LogP contribution in [0, 0.1) is 5.92 Å². The number of nitrogens with zero attached hydrogens (tertiary/aromatic N) is 4. The van der Waals surface area contributed by atoms with Crippen molar-refractivity contribution in [3.8, 4) is 0 Å². The molecule has 2 aliphatic rings. The lowest BCUT2D eigenvalue weighted by Gasteiger charge is -2.36. The SMILES string of the molecule is CC(C)CN(C(=O)CN1CCN(C(=O)N(C)C)CC1)C1CC1. The van der Waals surface area contributed by atoms with E-state index in [2.05, 4.69) is 23.6 Å². The number of urea groups is 1. The second-order valence-corrected chi connectivity index (χ2v) is 7.11. The van der Waals surface area contributed by atoms with Gasteiger partial charge in [0.05, 0.1) is 6.54 Å². The Morgan fingerprint density at radius 1 is 1.09 bits per heavy atom. The molecule has 0 aromatic heterocycles. The van der Waals surface area contributed by atoms with Crippen LogP contribution < -0.4 is 0 Å². The summed E-state index contributed by atoms with van der Waals surface area (Å²) in [5, 5.41) is 0. The van der Waals surface area contributed by atoms with Crippen LogP contribution in [0.4, 0.5) is 4.79 Å². The first-order valence-corrected chi connectivity index (χ1v) is 8.36. The van der Waals surface area contributed by atoms with E-state index < -0.39 is 0 Å². The summed E-state index contributed by atoms with van der Waals surface area (Å²) >= 11 is 0. The van der Waals surface area contributed by atoms with Crippen molar-refractivity contribution in [1.82, 2.24) is 19.6 Å². The first-order chi connectivity index (χ1) is 10.4. The molecule has 1 aliphatic heterocycles. The van der Waals surface area contributed by atoms with Crippen LogP contribution in [0.5, 0.6) is 0 Å². The van der Waals surface area contributed by atoms with Gasteiger partial charge in [-0.3, -0.25) is 9.69 Å². The molecule has 0 atom stereocenters. The fourth-order valence-corrected chi connectivity index (χ4v) is 2.90. The Balaban J connectivity index is 1.79. The van der Waals surface area contributed by atoms with E-state index in [1.54, 1.807) is 19.0 Å². The molecule has 3 amide bonds. The number of amides is 3. The minimum Gasteiger partial charge on any atom is -0.338 e. The summed E-state index contributed by atoms with van der Waals surface area (Å²) in [5.74, 6) is 0.766. The Morgan fingerprint density at radius 2 is 1.68 bits per heavy atom. The van der Waals surface area contributed by atoms with E-state index in [9.17, 15) is 9.59 Å². The highest BCUT2D eigenvalue weighted by Gasteiger charge is 2.33. The Labute approximate surface area is 134 Å². The number of carbonyl (C=O) groups excluding carboxylic acids is 2. The highest BCUT2D eigenvalue weighted by Crippen LogP contribution is 2.27. The molecule has 0 unspecified atom stereocenters. The maximum absolute atomic E-state index is 12.5. The highest BCUT2D eigenvalue weighted by molar-refractivity contribution is 5.79. The molecule has 0 bridgehead atoms. The van der Waals surface area contributed by atoms with Crippen molar-refractivity contribution in [3.63, 3.8) is 0 Å². The Morgan fingerprint density at radius 3 is 2.14 bits per heavy atom. The van der Waals surface area contributed by atoms with Gasteiger partial charge in [0.25, 0.3) is 0 Å². The average Bonchev–Trinajstić information content (AvgIpc) is 3.29. The summed E-state index contributed by atoms with van der Waals surface area (Å²) in [6.07, 6.45) is 2.31. The van der Waals surface area contributed by atoms with Gasteiger partial charge in [-0.2, -0.15) is 0 Å². The largest absolute Gasteiger partial charge is 0.338 e. The third kappa shape index (κ3) is 4.60. The molecule has 0 N–H and O–H groups in total. The molecule has 0 spiro atoms. The van der Waals surface area contributed by atoms with Crippen molar-refractivity contribution in [2.45, 2.75) is 32.7 Å². The normalized spacial score (nSPS) is 19.4. The van der Waals surface area contributed by atoms with Crippen LogP contribution in [0.1, 0.15) is 26.7 Å². The third-order valence-corrected chi connectivity index (χ3v) is 4.25. The van der Waals surface area contributed by atoms with Gasteiger partial charge < -0.3 is 14.7 Å². The second kappa shape index (κ2) is 7.31. The van der Waals surface area contributed by atoms with Crippen molar-refractivity contribution >= 4 is 11.9 Å². The van der Waals surface area contributed by atoms with Crippen LogP contribution in [0.25, 0.3) is 0 Å². The van der Waals surface area contributed by atoms with Gasteiger partial charge in [-0.05, 0) is 18.8 Å². The first kappa shape index (κ1) is 17.1. The Kier molecular flexibility index (Phi) is 5.67. The zero-order valence-corrected chi connectivity index (χ0v) is 14.4. The molecule has 6 nitrogen and oxygen atoms in total. The molecule has 0 radical (unpaired) electrons. The lowest BCUT2D eigenvalue weighted by Crippen LogP contribution is -2.53. The van der Waals surface area contributed by atoms with Gasteiger partial charge in [-0.25, -0.2) is 4.79 Å². The smallest absolute Gasteiger partial charge is 0.319 e. The molecular weight excluding hydrogens is 280 g/mol. The van der Waals surface area contributed by atoms with Crippen LogP contribution in [0.2, 0.25) is 0 Å². The van der Waals surface area contributed by atoms with Crippen LogP contribution in [0.15, 0.2) is 0 Å². The van der Waals surface area contributed by atoms with Gasteiger partial charge in [0.1, 0.15) is 0 Å². The maximum atomic E-state index is 12.5. The molecule has 6 heteroatoms. The molecule has 126 valence electrons. The topological polar surface area (TPSA) is 47.1 Å². The molecule has 1 saturated carbocycles. The van der Waals surface area contributed by atoms with Gasteiger partial charge in [-0.15, -0.1) is 0 Å². The van der Waals surface area contributed by atoms with Gasteiger partial charge in [0, 0.05) is 52.9 Å². The predicted molar refractivity (Wildman–Crippen MR) is 86.7 cm³/mol. The van der Waals surface area contributed by atoms with Gasteiger partial charge in [0.2, 0.25) is 5.91 Å². The van der Waals surface area contributed by atoms with Crippen molar-refractivity contribution < 1.29 is 9.59 Å². The van der Waals surface area contributed by atoms with E-state index in [0.717, 1.165) is 32.5 Å².